The zero-order valence-corrected chi connectivity index (χ0v) is 49.5. The molecule has 2 saturated heterocycles. The number of rotatable bonds is 25. The Bertz CT molecular complexity index is 2840. The molecule has 3 heterocycles. The number of fused-ring (bicyclic) bond motifs is 1. The molecule has 8 N–H and O–H groups in total. The van der Waals surface area contributed by atoms with Crippen molar-refractivity contribution in [3.63, 3.8) is 0 Å². The molecule has 5 rings (SSSR count). The van der Waals surface area contributed by atoms with E-state index in [1.165, 1.54) is 38.1 Å². The second kappa shape index (κ2) is 30.7. The highest BCUT2D eigenvalue weighted by Gasteiger charge is 2.56. The summed E-state index contributed by atoms with van der Waals surface area (Å²) < 4.78 is 23.1. The monoisotopic (exact) mass is 1190 g/mol. The Morgan fingerprint density at radius 2 is 1.32 bits per heavy atom. The lowest BCUT2D eigenvalue weighted by Gasteiger charge is -2.44. The molecule has 5 amide bonds. The fraction of sp³-hybridized carbons (Fsp3) is 0.571. The lowest BCUT2D eigenvalue weighted by Crippen LogP contribution is -2.57. The van der Waals surface area contributed by atoms with Crippen LogP contribution in [0.5, 0.6) is 5.75 Å². The third-order valence-electron chi connectivity index (χ3n) is 14.9. The molecule has 458 valence electrons. The molecule has 26 nitrogen and oxygen atoms in total. The smallest absolute Gasteiger partial charge is 0.320 e. The summed E-state index contributed by atoms with van der Waals surface area (Å²) in [7, 11) is -3.68. The Balaban J connectivity index is 1.28. The molecule has 84 heavy (non-hydrogen) atoms. The number of benzene rings is 2. The van der Waals surface area contributed by atoms with E-state index >= 15 is 4.11 Å². The van der Waals surface area contributed by atoms with Crippen molar-refractivity contribution in [2.24, 2.45) is 0 Å². The van der Waals surface area contributed by atoms with Crippen LogP contribution in [0, 0.1) is 6.57 Å². The Morgan fingerprint density at radius 3 is 1.86 bits per heavy atom. The Hall–Kier alpha value is -7.71. The standard InChI is InChI=1S/C56H79FN12O14Si/c1-55(2,3)84(57,56(4,5)6)39-14-11-37(12-15-39)51(78)60-31-42(52(79)59-19-9-29-83-38-13-16-41-40(30-38)50(63-36-62-41)53(80)61-32-46(71)69-20-8-10-44(69)58-7)64-45(70)18-17-43(54(81)82)68-27-25-66(34-48(74)75)23-21-65(33-47(72)73)22-24-67(26-28-68)35-49(76)77/h11-16,30,36,42-44H,8-10,17-29,31-35H2,1-6H3,(H,59,79)(H,60,78)(H,61,80)(H,64,70)(H,72,73)(H,74,75)(H,76,77)(H,81,82)/t42?,43?,44-/m0/s1. The number of likely N-dealkylation sites (tertiary alicyclic amines) is 1. The maximum Gasteiger partial charge on any atom is 0.320 e. The maximum absolute atomic E-state index is 17.1. The zero-order chi connectivity index (χ0) is 61.9. The second-order valence-electron chi connectivity index (χ2n) is 22.9. The molecule has 1 aromatic heterocycles. The van der Waals surface area contributed by atoms with Crippen LogP contribution in [0.15, 0.2) is 48.8 Å². The second-order valence-corrected chi connectivity index (χ2v) is 27.8. The summed E-state index contributed by atoms with van der Waals surface area (Å²) in [5.74, 6) is -7.59. The van der Waals surface area contributed by atoms with Crippen LogP contribution in [0.1, 0.15) is 94.5 Å². The number of carboxylic acid groups (broad SMARTS) is 4. The number of nitrogens with zero attached hydrogens (tertiary/aromatic N) is 8. The van der Waals surface area contributed by atoms with Crippen LogP contribution < -0.4 is 31.2 Å². The van der Waals surface area contributed by atoms with Gasteiger partial charge < -0.3 is 50.5 Å². The lowest BCUT2D eigenvalue weighted by atomic mass is 10.1. The average Bonchev–Trinajstić information content (AvgIpc) is 1.40. The van der Waals surface area contributed by atoms with Crippen LogP contribution in [0.3, 0.4) is 0 Å². The summed E-state index contributed by atoms with van der Waals surface area (Å²) in [4.78, 5) is 135. The number of carbonyl (C=O) groups is 9. The normalized spacial score (nSPS) is 17.1. The third kappa shape index (κ3) is 19.2. The number of carbonyl (C=O) groups excluding carboxylic acids is 5. The Morgan fingerprint density at radius 1 is 0.750 bits per heavy atom. The average molecular weight is 1190 g/mol. The Kier molecular flexibility index (Phi) is 24.5. The summed E-state index contributed by atoms with van der Waals surface area (Å²) in [5.41, 5.74) is 0.573. The van der Waals surface area contributed by atoms with Crippen molar-refractivity contribution >= 4 is 77.9 Å². The number of aromatic nitrogens is 2. The van der Waals surface area contributed by atoms with Crippen molar-refractivity contribution < 1.29 is 72.4 Å². The summed E-state index contributed by atoms with van der Waals surface area (Å²) in [6, 6.07) is 8.24. The molecule has 2 fully saturated rings. The Labute approximate surface area is 488 Å². The molecular weight excluding hydrogens is 1110 g/mol. The van der Waals surface area contributed by atoms with Crippen LogP contribution in [0.25, 0.3) is 15.7 Å². The number of halogens is 1. The lowest BCUT2D eigenvalue weighted by molar-refractivity contribution is -0.145. The number of nitrogens with one attached hydrogen (secondary N) is 4. The van der Waals surface area contributed by atoms with E-state index in [1.807, 2.05) is 41.5 Å². The first kappa shape index (κ1) is 67.1. The van der Waals surface area contributed by atoms with Crippen molar-refractivity contribution in [1.82, 2.24) is 55.7 Å². The van der Waals surface area contributed by atoms with E-state index in [1.54, 1.807) is 35.2 Å². The molecule has 0 saturated carbocycles. The molecule has 3 aromatic rings. The molecule has 2 aliphatic heterocycles. The van der Waals surface area contributed by atoms with Gasteiger partial charge in [-0.1, -0.05) is 53.7 Å². The molecule has 2 unspecified atom stereocenters. The van der Waals surface area contributed by atoms with Gasteiger partial charge in [-0.25, -0.2) is 16.5 Å². The van der Waals surface area contributed by atoms with Gasteiger partial charge in [-0.3, -0.25) is 72.5 Å². The minimum absolute atomic E-state index is 0.00617. The predicted molar refractivity (Wildman–Crippen MR) is 307 cm³/mol. The summed E-state index contributed by atoms with van der Waals surface area (Å²) >= 11 is 0. The topological polar surface area (TPSA) is 338 Å². The van der Waals surface area contributed by atoms with E-state index in [0.717, 1.165) is 0 Å². The fourth-order valence-electron chi connectivity index (χ4n) is 10.7. The van der Waals surface area contributed by atoms with Crippen LogP contribution >= 0.6 is 0 Å². The van der Waals surface area contributed by atoms with E-state index in [-0.39, 0.29) is 109 Å². The molecule has 0 spiro atoms. The molecule has 2 aromatic carbocycles. The van der Waals surface area contributed by atoms with Crippen LogP contribution in [-0.2, 0) is 33.6 Å². The SMILES string of the molecule is [C-]#[N+][C@@H]1CCCN1C(=O)CNC(=O)c1ncnc2ccc(OCCCNC(=O)C(CNC(=O)c3ccc([Si](F)(C(C)(C)C)C(C)(C)C)cc3)NC(=O)CCC(C(=O)O)N3CCN(CC(=O)O)CCN(CC(=O)O)CCN(CC(=O)O)CC3)cc12. The van der Waals surface area contributed by atoms with Crippen molar-refractivity contribution in [3.8, 4) is 5.75 Å². The van der Waals surface area contributed by atoms with E-state index in [0.29, 0.717) is 41.2 Å². The van der Waals surface area contributed by atoms with Crippen molar-refractivity contribution in [2.45, 2.75) is 102 Å². The first-order chi connectivity index (χ1) is 39.6. The third-order valence-corrected chi connectivity index (χ3v) is 20.1. The summed E-state index contributed by atoms with van der Waals surface area (Å²) in [5, 5.41) is 49.5. The van der Waals surface area contributed by atoms with Crippen molar-refractivity contribution in [1.29, 1.82) is 0 Å². The number of hydrogen-bond acceptors (Lipinski definition) is 16. The molecule has 28 heteroatoms. The van der Waals surface area contributed by atoms with Gasteiger partial charge in [0, 0.05) is 95.8 Å². The van der Waals surface area contributed by atoms with Gasteiger partial charge in [0.05, 0.1) is 38.3 Å². The van der Waals surface area contributed by atoms with E-state index in [9.17, 15) is 63.6 Å². The molecule has 0 aliphatic carbocycles. The first-order valence-corrected chi connectivity index (χ1v) is 29.8. The highest BCUT2D eigenvalue weighted by Crippen LogP contribution is 2.51. The van der Waals surface area contributed by atoms with Gasteiger partial charge in [0.15, 0.2) is 0 Å². The largest absolute Gasteiger partial charge is 0.494 e. The zero-order valence-electron chi connectivity index (χ0n) is 48.5. The van der Waals surface area contributed by atoms with Gasteiger partial charge in [0.25, 0.3) is 20.2 Å². The first-order valence-electron chi connectivity index (χ1n) is 27.9. The summed E-state index contributed by atoms with van der Waals surface area (Å²) in [6.45, 7) is 17.4. The van der Waals surface area contributed by atoms with Gasteiger partial charge in [-0.15, -0.1) is 0 Å². The molecule has 0 radical (unpaired) electrons. The maximum atomic E-state index is 17.1. The van der Waals surface area contributed by atoms with Crippen molar-refractivity contribution in [2.75, 3.05) is 105 Å². The van der Waals surface area contributed by atoms with Crippen LogP contribution in [-0.4, -0.2) is 240 Å². The van der Waals surface area contributed by atoms with Gasteiger partial charge in [0.2, 0.25) is 17.7 Å². The number of amides is 5. The highest BCUT2D eigenvalue weighted by molar-refractivity contribution is 6.90. The minimum atomic E-state index is -3.68. The minimum Gasteiger partial charge on any atom is -0.494 e. The highest BCUT2D eigenvalue weighted by atomic mass is 28.4. The fourth-order valence-corrected chi connectivity index (χ4v) is 15.3. The molecule has 0 bridgehead atoms. The van der Waals surface area contributed by atoms with Gasteiger partial charge >= 0.3 is 30.0 Å². The van der Waals surface area contributed by atoms with Crippen molar-refractivity contribution in [3.05, 3.63) is 71.5 Å². The van der Waals surface area contributed by atoms with Crippen LogP contribution in [0.4, 0.5) is 4.11 Å². The van der Waals surface area contributed by atoms with E-state index in [4.69, 9.17) is 11.3 Å². The number of carboxylic acids is 4. The van der Waals surface area contributed by atoms with Crippen LogP contribution in [0.2, 0.25) is 10.1 Å². The van der Waals surface area contributed by atoms with E-state index < -0.39 is 110 Å². The van der Waals surface area contributed by atoms with Gasteiger partial charge in [0.1, 0.15) is 29.9 Å². The molecule has 2 aliphatic rings. The molecule has 3 atom stereocenters. The number of ether oxygens (including phenoxy) is 1. The summed E-state index contributed by atoms with van der Waals surface area (Å²) in [6.07, 6.45) is 1.37. The predicted octanol–water partition coefficient (Wildman–Crippen LogP) is 1.46. The number of aliphatic carboxylic acids is 4. The van der Waals surface area contributed by atoms with E-state index in [2.05, 4.69) is 36.1 Å². The molecular formula is C56H79FN12O14Si. The quantitative estimate of drug-likeness (QED) is 0.0258. The van der Waals surface area contributed by atoms with Gasteiger partial charge in [-0.2, -0.15) is 0 Å². The van der Waals surface area contributed by atoms with Gasteiger partial charge in [-0.05, 0) is 64.9 Å². The number of hydrogen-bond donors (Lipinski definition) is 8.